The molecule has 1 amide bonds. The molecule has 10 heteroatoms. The number of hydrogen-bond acceptors (Lipinski definition) is 4. The summed E-state index contributed by atoms with van der Waals surface area (Å²) >= 11 is 5.92. The van der Waals surface area contributed by atoms with Crippen LogP contribution >= 0.6 is 35.6 Å². The molecule has 1 aliphatic heterocycles. The second kappa shape index (κ2) is 11.5. The van der Waals surface area contributed by atoms with Crippen molar-refractivity contribution in [2.75, 3.05) is 45.2 Å². The maximum Gasteiger partial charge on any atom is 0.242 e. The smallest absolute Gasteiger partial charge is 0.242 e. The van der Waals surface area contributed by atoms with Gasteiger partial charge >= 0.3 is 0 Å². The van der Waals surface area contributed by atoms with Crippen LogP contribution in [-0.2, 0) is 21.2 Å². The van der Waals surface area contributed by atoms with E-state index in [2.05, 4.69) is 10.3 Å². The highest BCUT2D eigenvalue weighted by Gasteiger charge is 2.27. The minimum Gasteiger partial charge on any atom is -0.356 e. The minimum atomic E-state index is -2.99. The molecule has 1 aromatic rings. The van der Waals surface area contributed by atoms with Crippen molar-refractivity contribution in [3.63, 3.8) is 0 Å². The topological polar surface area (TPSA) is 82.1 Å². The highest BCUT2D eigenvalue weighted by Crippen LogP contribution is 2.20. The highest BCUT2D eigenvalue weighted by molar-refractivity contribution is 14.0. The van der Waals surface area contributed by atoms with Gasteiger partial charge in [-0.05, 0) is 29.5 Å². The van der Waals surface area contributed by atoms with E-state index in [-0.39, 0.29) is 47.6 Å². The van der Waals surface area contributed by atoms with E-state index in [4.69, 9.17) is 11.6 Å². The van der Waals surface area contributed by atoms with Gasteiger partial charge in [-0.2, -0.15) is 0 Å². The number of aliphatic imine (C=N–C) groups is 1. The molecule has 7 nitrogen and oxygen atoms in total. The average Bonchev–Trinajstić information content (AvgIpc) is 2.64. The van der Waals surface area contributed by atoms with Crippen molar-refractivity contribution in [2.24, 2.45) is 10.4 Å². The first-order chi connectivity index (χ1) is 13.5. The molecule has 170 valence electrons. The van der Waals surface area contributed by atoms with Gasteiger partial charge in [0.2, 0.25) is 5.91 Å². The van der Waals surface area contributed by atoms with Crippen molar-refractivity contribution in [3.05, 3.63) is 34.9 Å². The Balaban J connectivity index is 0.00000450. The van der Waals surface area contributed by atoms with Gasteiger partial charge in [0.1, 0.15) is 9.84 Å². The number of amides is 1. The molecule has 2 rings (SSSR count). The lowest BCUT2D eigenvalue weighted by molar-refractivity contribution is -0.135. The first-order valence-electron chi connectivity index (χ1n) is 9.65. The van der Waals surface area contributed by atoms with Crippen LogP contribution in [0.25, 0.3) is 0 Å². The maximum absolute atomic E-state index is 12.6. The van der Waals surface area contributed by atoms with Crippen LogP contribution in [0.3, 0.4) is 0 Å². The Labute approximate surface area is 202 Å². The fraction of sp³-hybridized carbons (Fsp3) is 0.600. The van der Waals surface area contributed by atoms with E-state index in [1.54, 1.807) is 7.05 Å². The number of piperazine rings is 1. The Morgan fingerprint density at radius 3 is 2.40 bits per heavy atom. The number of halogens is 2. The van der Waals surface area contributed by atoms with Gasteiger partial charge in [0.15, 0.2) is 5.96 Å². The van der Waals surface area contributed by atoms with Crippen LogP contribution in [0.1, 0.15) is 25.8 Å². The van der Waals surface area contributed by atoms with Crippen LogP contribution in [0.2, 0.25) is 5.02 Å². The lowest BCUT2D eigenvalue weighted by Crippen LogP contribution is -2.55. The van der Waals surface area contributed by atoms with Crippen LogP contribution in [0.4, 0.5) is 0 Å². The number of carbonyl (C=O) groups excluding carboxylic acids is 1. The Kier molecular flexibility index (Phi) is 10.4. The van der Waals surface area contributed by atoms with Crippen LogP contribution in [0.5, 0.6) is 0 Å². The van der Waals surface area contributed by atoms with E-state index in [0.717, 1.165) is 5.56 Å². The molecule has 1 saturated heterocycles. The number of nitrogens with one attached hydrogen (secondary N) is 1. The number of carbonyl (C=O) groups is 1. The molecule has 0 atom stereocenters. The van der Waals surface area contributed by atoms with Crippen LogP contribution < -0.4 is 5.32 Å². The molecule has 1 aromatic carbocycles. The Morgan fingerprint density at radius 2 is 1.87 bits per heavy atom. The summed E-state index contributed by atoms with van der Waals surface area (Å²) < 4.78 is 22.9. The summed E-state index contributed by atoms with van der Waals surface area (Å²) in [6, 6.07) is 7.52. The van der Waals surface area contributed by atoms with Gasteiger partial charge in [0.25, 0.3) is 0 Å². The van der Waals surface area contributed by atoms with E-state index in [1.165, 1.54) is 6.26 Å². The molecule has 0 bridgehead atoms. The van der Waals surface area contributed by atoms with Crippen molar-refractivity contribution >= 4 is 57.3 Å². The number of nitrogens with zero attached hydrogens (tertiary/aromatic N) is 3. The lowest BCUT2D eigenvalue weighted by Gasteiger charge is -2.37. The molecule has 0 unspecified atom stereocenters. The first kappa shape index (κ1) is 27.0. The summed E-state index contributed by atoms with van der Waals surface area (Å²) in [4.78, 5) is 20.7. The molecule has 0 aromatic heterocycles. The highest BCUT2D eigenvalue weighted by atomic mass is 127. The van der Waals surface area contributed by atoms with E-state index >= 15 is 0 Å². The molecule has 0 spiro atoms. The Hall–Kier alpha value is -1.07. The van der Waals surface area contributed by atoms with E-state index in [1.807, 2.05) is 47.9 Å². The number of sulfone groups is 1. The van der Waals surface area contributed by atoms with E-state index in [9.17, 15) is 13.2 Å². The second-order valence-electron chi connectivity index (χ2n) is 8.31. The molecule has 1 aliphatic rings. The predicted molar refractivity (Wildman–Crippen MR) is 133 cm³/mol. The Bertz CT molecular complexity index is 844. The molecule has 0 aliphatic carbocycles. The minimum absolute atomic E-state index is 0. The predicted octanol–water partition coefficient (Wildman–Crippen LogP) is 2.64. The molecule has 1 N–H and O–H groups in total. The van der Waals surface area contributed by atoms with Gasteiger partial charge in [0.05, 0.1) is 12.3 Å². The fourth-order valence-corrected chi connectivity index (χ4v) is 4.12. The third kappa shape index (κ3) is 8.97. The van der Waals surface area contributed by atoms with Crippen molar-refractivity contribution in [2.45, 2.75) is 26.8 Å². The normalized spacial score (nSPS) is 15.8. The van der Waals surface area contributed by atoms with Crippen molar-refractivity contribution in [3.8, 4) is 0 Å². The summed E-state index contributed by atoms with van der Waals surface area (Å²) in [5.74, 6) is 0.865. The quantitative estimate of drug-likeness (QED) is 0.310. The largest absolute Gasteiger partial charge is 0.356 e. The van der Waals surface area contributed by atoms with Gasteiger partial charge in [-0.25, -0.2) is 8.42 Å². The van der Waals surface area contributed by atoms with Crippen molar-refractivity contribution in [1.82, 2.24) is 15.1 Å². The van der Waals surface area contributed by atoms with Gasteiger partial charge in [-0.3, -0.25) is 9.79 Å². The lowest BCUT2D eigenvalue weighted by atomic mass is 9.90. The summed E-state index contributed by atoms with van der Waals surface area (Å²) in [5, 5.41) is 3.98. The first-order valence-corrected chi connectivity index (χ1v) is 12.1. The van der Waals surface area contributed by atoms with Crippen LogP contribution in [0.15, 0.2) is 29.3 Å². The molecule has 1 heterocycles. The summed E-state index contributed by atoms with van der Waals surface area (Å²) in [7, 11) is -1.30. The molecule has 1 fully saturated rings. The van der Waals surface area contributed by atoms with E-state index < -0.39 is 9.84 Å². The molecule has 30 heavy (non-hydrogen) atoms. The van der Waals surface area contributed by atoms with Gasteiger partial charge in [-0.1, -0.05) is 37.6 Å². The summed E-state index contributed by atoms with van der Waals surface area (Å²) in [5.41, 5.74) is 0.839. The zero-order chi connectivity index (χ0) is 21.7. The SMILES string of the molecule is CN=C(NCC(C)(C)CCS(C)(=O)=O)N1CCN(Cc2ccc(Cl)cc2)C(=O)C1.I. The molecule has 0 radical (unpaired) electrons. The molecule has 0 saturated carbocycles. The van der Waals surface area contributed by atoms with Crippen molar-refractivity contribution in [1.29, 1.82) is 0 Å². The van der Waals surface area contributed by atoms with Crippen molar-refractivity contribution < 1.29 is 13.2 Å². The zero-order valence-corrected chi connectivity index (χ0v) is 21.9. The third-order valence-corrected chi connectivity index (χ3v) is 6.19. The second-order valence-corrected chi connectivity index (χ2v) is 11.0. The summed E-state index contributed by atoms with van der Waals surface area (Å²) in [6.45, 7) is 6.74. The zero-order valence-electron chi connectivity index (χ0n) is 18.0. The number of guanidine groups is 1. The fourth-order valence-electron chi connectivity index (χ4n) is 3.07. The van der Waals surface area contributed by atoms with E-state index in [0.29, 0.717) is 43.6 Å². The molecular formula is C20H32ClIN4O3S. The third-order valence-electron chi connectivity index (χ3n) is 4.99. The summed E-state index contributed by atoms with van der Waals surface area (Å²) in [6.07, 6.45) is 1.81. The maximum atomic E-state index is 12.6. The van der Waals surface area contributed by atoms with Gasteiger partial charge < -0.3 is 15.1 Å². The number of hydrogen-bond donors (Lipinski definition) is 1. The monoisotopic (exact) mass is 570 g/mol. The number of rotatable bonds is 7. The standard InChI is InChI=1S/C20H31ClN4O3S.HI/c1-20(2,9-12-29(4,27)28)15-23-19(22-3)25-11-10-24(18(26)14-25)13-16-5-7-17(21)8-6-16;/h5-8H,9-15H2,1-4H3,(H,22,23);1H. The van der Waals surface area contributed by atoms with Gasteiger partial charge in [-0.15, -0.1) is 24.0 Å². The average molecular weight is 571 g/mol. The van der Waals surface area contributed by atoms with Crippen LogP contribution in [-0.4, -0.2) is 75.3 Å². The Morgan fingerprint density at radius 1 is 1.23 bits per heavy atom. The number of benzene rings is 1. The molecular weight excluding hydrogens is 539 g/mol. The van der Waals surface area contributed by atoms with Crippen LogP contribution in [0, 0.1) is 5.41 Å². The van der Waals surface area contributed by atoms with Gasteiger partial charge in [0, 0.05) is 44.5 Å².